The molecule has 1 saturated heterocycles. The lowest BCUT2D eigenvalue weighted by atomic mass is 10.1. The highest BCUT2D eigenvalue weighted by molar-refractivity contribution is 5.76. The highest BCUT2D eigenvalue weighted by Gasteiger charge is 2.33. The second-order valence-corrected chi connectivity index (χ2v) is 6.50. The number of nitrogens with zero attached hydrogens (tertiary/aromatic N) is 4. The van der Waals surface area contributed by atoms with Crippen LogP contribution in [-0.2, 0) is 18.3 Å². The van der Waals surface area contributed by atoms with Crippen molar-refractivity contribution in [3.63, 3.8) is 0 Å². The summed E-state index contributed by atoms with van der Waals surface area (Å²) in [7, 11) is 1.89. The van der Waals surface area contributed by atoms with Crippen LogP contribution in [0.2, 0.25) is 0 Å². The van der Waals surface area contributed by atoms with Crippen molar-refractivity contribution in [1.29, 1.82) is 0 Å². The third-order valence-electron chi connectivity index (χ3n) is 4.97. The fourth-order valence-corrected chi connectivity index (χ4v) is 3.66. The lowest BCUT2D eigenvalue weighted by Crippen LogP contribution is -2.53. The number of rotatable bonds is 4. The summed E-state index contributed by atoms with van der Waals surface area (Å²) in [5, 5.41) is 14.1. The van der Waals surface area contributed by atoms with Crippen molar-refractivity contribution in [2.24, 2.45) is 7.05 Å². The van der Waals surface area contributed by atoms with E-state index in [1.54, 1.807) is 4.68 Å². The number of hydrogen-bond acceptors (Lipinski definition) is 4. The van der Waals surface area contributed by atoms with Gasteiger partial charge in [-0.05, 0) is 31.2 Å². The Labute approximate surface area is 131 Å². The molecule has 6 heteroatoms. The van der Waals surface area contributed by atoms with Crippen molar-refractivity contribution < 1.29 is 9.90 Å². The van der Waals surface area contributed by atoms with Crippen molar-refractivity contribution in [2.45, 2.75) is 44.2 Å². The molecule has 0 aromatic carbocycles. The molecule has 1 N–H and O–H groups in total. The largest absolute Gasteiger partial charge is 0.391 e. The van der Waals surface area contributed by atoms with Gasteiger partial charge in [0.2, 0.25) is 5.91 Å². The minimum absolute atomic E-state index is 0.173. The van der Waals surface area contributed by atoms with E-state index in [2.05, 4.69) is 10.00 Å². The molecule has 1 amide bonds. The first-order chi connectivity index (χ1) is 10.6. The van der Waals surface area contributed by atoms with Crippen LogP contribution in [0.1, 0.15) is 31.2 Å². The van der Waals surface area contributed by atoms with Crippen molar-refractivity contribution in [2.75, 3.05) is 26.2 Å². The number of carbonyl (C=O) groups excluding carboxylic acids is 1. The van der Waals surface area contributed by atoms with Gasteiger partial charge in [0.05, 0.1) is 12.3 Å². The Morgan fingerprint density at radius 1 is 1.32 bits per heavy atom. The number of aromatic nitrogens is 2. The Morgan fingerprint density at radius 3 is 2.68 bits per heavy atom. The second-order valence-electron chi connectivity index (χ2n) is 6.50. The second kappa shape index (κ2) is 6.79. The molecule has 2 aliphatic rings. The van der Waals surface area contributed by atoms with Gasteiger partial charge in [0, 0.05) is 51.9 Å². The Morgan fingerprint density at radius 2 is 2.09 bits per heavy atom. The van der Waals surface area contributed by atoms with Gasteiger partial charge in [-0.1, -0.05) is 0 Å². The average molecular weight is 306 g/mol. The van der Waals surface area contributed by atoms with Gasteiger partial charge in [-0.2, -0.15) is 5.10 Å². The fraction of sp³-hybridized carbons (Fsp3) is 0.750. The zero-order valence-electron chi connectivity index (χ0n) is 13.3. The molecule has 1 saturated carbocycles. The molecule has 2 fully saturated rings. The first-order valence-electron chi connectivity index (χ1n) is 8.31. The van der Waals surface area contributed by atoms with Crippen LogP contribution >= 0.6 is 0 Å². The summed E-state index contributed by atoms with van der Waals surface area (Å²) < 4.78 is 1.77. The van der Waals surface area contributed by atoms with Gasteiger partial charge in [0.25, 0.3) is 0 Å². The summed E-state index contributed by atoms with van der Waals surface area (Å²) in [5.41, 5.74) is 1.11. The quantitative estimate of drug-likeness (QED) is 0.875. The van der Waals surface area contributed by atoms with Gasteiger partial charge < -0.3 is 10.0 Å². The minimum atomic E-state index is -0.173. The van der Waals surface area contributed by atoms with Crippen molar-refractivity contribution in [3.05, 3.63) is 18.0 Å². The van der Waals surface area contributed by atoms with E-state index in [4.69, 9.17) is 0 Å². The van der Waals surface area contributed by atoms with Crippen molar-refractivity contribution in [1.82, 2.24) is 19.6 Å². The first kappa shape index (κ1) is 15.5. The molecule has 1 aliphatic heterocycles. The minimum Gasteiger partial charge on any atom is -0.391 e. The van der Waals surface area contributed by atoms with Gasteiger partial charge in [-0.3, -0.25) is 14.4 Å². The highest BCUT2D eigenvalue weighted by atomic mass is 16.3. The molecule has 0 unspecified atom stereocenters. The van der Waals surface area contributed by atoms with E-state index in [0.717, 1.165) is 57.4 Å². The summed E-state index contributed by atoms with van der Waals surface area (Å²) in [6.07, 6.45) is 8.07. The van der Waals surface area contributed by atoms with Gasteiger partial charge >= 0.3 is 0 Å². The lowest BCUT2D eigenvalue weighted by Gasteiger charge is -2.39. The van der Waals surface area contributed by atoms with Crippen LogP contribution in [0.4, 0.5) is 0 Å². The van der Waals surface area contributed by atoms with Gasteiger partial charge in [0.1, 0.15) is 0 Å². The number of aliphatic hydroxyl groups is 1. The van der Waals surface area contributed by atoms with E-state index in [1.807, 2.05) is 24.3 Å². The van der Waals surface area contributed by atoms with Crippen LogP contribution in [0.5, 0.6) is 0 Å². The Hall–Kier alpha value is -1.40. The van der Waals surface area contributed by atoms with Crippen LogP contribution in [0.3, 0.4) is 0 Å². The topological polar surface area (TPSA) is 61.6 Å². The van der Waals surface area contributed by atoms with E-state index in [1.165, 1.54) is 0 Å². The fourth-order valence-electron chi connectivity index (χ4n) is 3.66. The van der Waals surface area contributed by atoms with Crippen LogP contribution in [0.25, 0.3) is 0 Å². The van der Waals surface area contributed by atoms with Crippen LogP contribution < -0.4 is 0 Å². The van der Waals surface area contributed by atoms with E-state index in [0.29, 0.717) is 12.5 Å². The summed E-state index contributed by atoms with van der Waals surface area (Å²) in [6, 6.07) is 0.313. The van der Waals surface area contributed by atoms with E-state index in [9.17, 15) is 9.90 Å². The molecule has 1 aromatic heterocycles. The van der Waals surface area contributed by atoms with Gasteiger partial charge in [-0.25, -0.2) is 0 Å². The smallest absolute Gasteiger partial charge is 0.222 e. The lowest BCUT2D eigenvalue weighted by molar-refractivity contribution is -0.133. The van der Waals surface area contributed by atoms with Gasteiger partial charge in [-0.15, -0.1) is 0 Å². The molecule has 0 radical (unpaired) electrons. The number of amides is 1. The van der Waals surface area contributed by atoms with Crippen LogP contribution in [-0.4, -0.2) is 68.9 Å². The predicted molar refractivity (Wildman–Crippen MR) is 83.3 cm³/mol. The number of aryl methyl sites for hydroxylation is 2. The molecule has 2 heterocycles. The number of piperazine rings is 1. The molecular weight excluding hydrogens is 280 g/mol. The Bertz CT molecular complexity index is 508. The van der Waals surface area contributed by atoms with E-state index < -0.39 is 0 Å². The molecule has 3 rings (SSSR count). The van der Waals surface area contributed by atoms with E-state index in [-0.39, 0.29) is 12.0 Å². The Balaban J connectivity index is 1.43. The average Bonchev–Trinajstić information content (AvgIpc) is 3.13. The van der Waals surface area contributed by atoms with Crippen LogP contribution in [0.15, 0.2) is 12.4 Å². The van der Waals surface area contributed by atoms with Crippen molar-refractivity contribution >= 4 is 5.91 Å². The molecule has 6 nitrogen and oxygen atoms in total. The third-order valence-corrected chi connectivity index (χ3v) is 4.97. The summed E-state index contributed by atoms with van der Waals surface area (Å²) in [4.78, 5) is 16.6. The molecule has 0 spiro atoms. The maximum Gasteiger partial charge on any atom is 0.222 e. The monoisotopic (exact) mass is 306 g/mol. The Kier molecular flexibility index (Phi) is 4.78. The normalized spacial score (nSPS) is 26.5. The van der Waals surface area contributed by atoms with Gasteiger partial charge in [0.15, 0.2) is 0 Å². The third kappa shape index (κ3) is 3.50. The highest BCUT2D eigenvalue weighted by Crippen LogP contribution is 2.25. The summed E-state index contributed by atoms with van der Waals surface area (Å²) in [6.45, 7) is 3.35. The number of carbonyl (C=O) groups is 1. The SMILES string of the molecule is Cn1cc(CCC(=O)N2CCN([C@@H]3CCC[C@@H]3O)CC2)cn1. The zero-order chi connectivity index (χ0) is 15.5. The standard InChI is InChI=1S/C16H26N4O2/c1-18-12-13(11-17-18)5-6-16(22)20-9-7-19(8-10-20)14-3-2-4-15(14)21/h11-12,14-15,21H,2-10H2,1H3/t14-,15+/m1/s1. The molecule has 122 valence electrons. The maximum absolute atomic E-state index is 12.3. The van der Waals surface area contributed by atoms with Crippen molar-refractivity contribution in [3.8, 4) is 0 Å². The van der Waals surface area contributed by atoms with Crippen LogP contribution in [0, 0.1) is 0 Å². The first-order valence-corrected chi connectivity index (χ1v) is 8.31. The molecule has 1 aliphatic carbocycles. The summed E-state index contributed by atoms with van der Waals surface area (Å²) in [5.74, 6) is 0.232. The molecule has 1 aromatic rings. The molecular formula is C16H26N4O2. The van der Waals surface area contributed by atoms with E-state index >= 15 is 0 Å². The molecule has 0 bridgehead atoms. The summed E-state index contributed by atoms with van der Waals surface area (Å²) >= 11 is 0. The maximum atomic E-state index is 12.3. The zero-order valence-corrected chi connectivity index (χ0v) is 13.3. The molecule has 22 heavy (non-hydrogen) atoms. The number of hydrogen-bond donors (Lipinski definition) is 1. The number of aliphatic hydroxyl groups excluding tert-OH is 1. The molecule has 2 atom stereocenters. The predicted octanol–water partition coefficient (Wildman–Crippen LogP) is 0.410.